The smallest absolute Gasteiger partial charge is 0.407 e. The summed E-state index contributed by atoms with van der Waals surface area (Å²) in [7, 11) is -2.79. The Morgan fingerprint density at radius 1 is 0.831 bits per heavy atom. The molecule has 0 aromatic heterocycles. The van der Waals surface area contributed by atoms with E-state index in [0.717, 1.165) is 11.1 Å². The number of aliphatic hydroxyl groups is 1. The number of alkyl carbamates (subject to hydrolysis) is 1. The van der Waals surface area contributed by atoms with Gasteiger partial charge in [-0.2, -0.15) is 0 Å². The lowest BCUT2D eigenvalue weighted by atomic mass is 9.95. The topological polar surface area (TPSA) is 167 Å². The lowest BCUT2D eigenvalue weighted by Gasteiger charge is -2.51. The number of hydrogen-bond donors (Lipinski definition) is 2. The molecule has 0 spiro atoms. The summed E-state index contributed by atoms with van der Waals surface area (Å²) in [6.07, 6.45) is -12.2. The number of alkyl halides is 3. The highest BCUT2D eigenvalue weighted by atomic mass is 35.6. The largest absolute Gasteiger partial charge is 0.456 e. The zero-order valence-electron chi connectivity index (χ0n) is 34.9. The van der Waals surface area contributed by atoms with Gasteiger partial charge in [0.05, 0.1) is 25.9 Å². The van der Waals surface area contributed by atoms with E-state index in [2.05, 4.69) is 33.0 Å². The van der Waals surface area contributed by atoms with E-state index in [-0.39, 0.29) is 30.8 Å². The Morgan fingerprint density at radius 2 is 1.39 bits per heavy atom. The van der Waals surface area contributed by atoms with Crippen molar-refractivity contribution in [1.82, 2.24) is 5.32 Å². The molecule has 0 radical (unpaired) electrons. The summed E-state index contributed by atoms with van der Waals surface area (Å²) in [5, 5.41) is 14.6. The molecule has 14 nitrogen and oxygen atoms in total. The van der Waals surface area contributed by atoms with Gasteiger partial charge in [0.25, 0.3) is 0 Å². The van der Waals surface area contributed by atoms with Crippen molar-refractivity contribution in [1.29, 1.82) is 0 Å². The second-order valence-electron chi connectivity index (χ2n) is 16.1. The number of hydrogen-bond acceptors (Lipinski definition) is 13. The van der Waals surface area contributed by atoms with Gasteiger partial charge in [-0.3, -0.25) is 9.59 Å². The van der Waals surface area contributed by atoms with Crippen LogP contribution in [0.4, 0.5) is 4.79 Å². The fraction of sp³-hybridized carbons (Fsp3) is 0.634. The minimum atomic E-state index is -2.79. The van der Waals surface area contributed by atoms with Gasteiger partial charge in [-0.1, -0.05) is 123 Å². The third-order valence-electron chi connectivity index (χ3n) is 11.0. The van der Waals surface area contributed by atoms with Gasteiger partial charge in [0.1, 0.15) is 37.1 Å². The molecule has 2 heterocycles. The Kier molecular flexibility index (Phi) is 17.9. The quantitative estimate of drug-likeness (QED) is 0.0723. The van der Waals surface area contributed by atoms with E-state index in [1.165, 1.54) is 13.8 Å². The van der Waals surface area contributed by atoms with E-state index in [1.54, 1.807) is 6.92 Å². The van der Waals surface area contributed by atoms with Gasteiger partial charge in [-0.25, -0.2) is 4.79 Å². The third-order valence-corrected chi connectivity index (χ3v) is 15.9. The summed E-state index contributed by atoms with van der Waals surface area (Å²) >= 11 is 17.7. The fourth-order valence-corrected chi connectivity index (χ4v) is 9.30. The van der Waals surface area contributed by atoms with Crippen molar-refractivity contribution in [2.24, 2.45) is 5.92 Å². The molecular weight excluding hydrogens is 849 g/mol. The highest BCUT2D eigenvalue weighted by Crippen LogP contribution is 2.46. The SMILES string of the molecule is CC(=O)O[C@H]1[C@H](OCc2ccccc2)[C@H](O[C@H]2[C@H](O)[C@@H](COCc3ccccc3)O[C@@H](O[Si](C)(C)C(C)(C)C(C)C)[C@@H]2NC(=O)OCC(Cl)(Cl)Cl)O[C@@H](C)[C@H]1OC(C)=O. The van der Waals surface area contributed by atoms with Crippen molar-refractivity contribution < 1.29 is 61.8 Å². The van der Waals surface area contributed by atoms with Gasteiger partial charge < -0.3 is 52.7 Å². The first-order valence-electron chi connectivity index (χ1n) is 19.5. The molecule has 2 aromatic carbocycles. The second-order valence-corrected chi connectivity index (χ2v) is 23.2. The normalized spacial score (nSPS) is 27.8. The molecule has 0 aliphatic carbocycles. The summed E-state index contributed by atoms with van der Waals surface area (Å²) < 4.78 is 53.8. The van der Waals surface area contributed by atoms with Crippen LogP contribution in [-0.2, 0) is 65.1 Å². The van der Waals surface area contributed by atoms with E-state index in [4.69, 9.17) is 77.1 Å². The number of aliphatic hydroxyl groups excluding tert-OH is 1. The average molecular weight is 907 g/mol. The minimum absolute atomic E-state index is 0.000783. The Balaban J connectivity index is 1.79. The molecule has 2 aromatic rings. The number of esters is 2. The zero-order chi connectivity index (χ0) is 43.7. The first-order chi connectivity index (χ1) is 27.6. The number of carbonyl (C=O) groups is 3. The average Bonchev–Trinajstić information content (AvgIpc) is 3.15. The summed E-state index contributed by atoms with van der Waals surface area (Å²) in [5.74, 6) is -1.14. The number of amides is 1. The highest BCUT2D eigenvalue weighted by molar-refractivity contribution is 6.74. The van der Waals surface area contributed by atoms with Crippen molar-refractivity contribution in [2.45, 2.75) is 145 Å². The van der Waals surface area contributed by atoms with Crippen LogP contribution in [0, 0.1) is 5.92 Å². The molecule has 59 heavy (non-hydrogen) atoms. The number of halogens is 3. The van der Waals surface area contributed by atoms with Crippen molar-refractivity contribution in [3.05, 3.63) is 71.8 Å². The maximum absolute atomic E-state index is 13.5. The number of rotatable bonds is 17. The molecule has 0 saturated carbocycles. The maximum atomic E-state index is 13.5. The molecule has 18 heteroatoms. The predicted octanol–water partition coefficient (Wildman–Crippen LogP) is 6.99. The van der Waals surface area contributed by atoms with Crippen molar-refractivity contribution in [2.75, 3.05) is 13.2 Å². The van der Waals surface area contributed by atoms with E-state index in [1.807, 2.05) is 73.8 Å². The predicted molar refractivity (Wildman–Crippen MR) is 222 cm³/mol. The van der Waals surface area contributed by atoms with Gasteiger partial charge in [-0.15, -0.1) is 0 Å². The van der Waals surface area contributed by atoms with Crippen LogP contribution < -0.4 is 5.32 Å². The molecule has 10 atom stereocenters. The summed E-state index contributed by atoms with van der Waals surface area (Å²) in [4.78, 5) is 38.4. The Morgan fingerprint density at radius 3 is 1.93 bits per heavy atom. The van der Waals surface area contributed by atoms with Crippen LogP contribution >= 0.6 is 34.8 Å². The molecular formula is C41H58Cl3NO13Si. The molecule has 2 saturated heterocycles. The lowest BCUT2D eigenvalue weighted by Crippen LogP contribution is -2.69. The van der Waals surface area contributed by atoms with Gasteiger partial charge in [0, 0.05) is 13.8 Å². The Labute approximate surface area is 362 Å². The molecule has 2 N–H and O–H groups in total. The number of nitrogens with one attached hydrogen (secondary N) is 1. The highest BCUT2D eigenvalue weighted by Gasteiger charge is 2.56. The molecule has 2 fully saturated rings. The van der Waals surface area contributed by atoms with E-state index < -0.39 is 98.1 Å². The standard InChI is InChI=1S/C41H58Cl3NO13Si/c1-24(2)40(6,7)59(8,9)58-37-31(45-39(49)52-23-41(42,43)44)34(32(48)30(56-37)22-50-20-28-16-12-10-13-17-28)57-38-36(51-21-29-18-14-11-15-19-29)35(55-27(5)47)33(25(3)53-38)54-26(4)46/h10-19,24-25,30-38,48H,20-23H2,1-9H3,(H,45,49)/t25-,30+,31+,32+,33+,34+,35+,36-,37-,38-/m0/s1. The van der Waals surface area contributed by atoms with Gasteiger partial charge in [-0.05, 0) is 42.1 Å². The number of carbonyl (C=O) groups excluding carboxylic acids is 3. The van der Waals surface area contributed by atoms with E-state index >= 15 is 0 Å². The Hall–Kier alpha value is -2.54. The zero-order valence-corrected chi connectivity index (χ0v) is 38.2. The van der Waals surface area contributed by atoms with Crippen LogP contribution in [0.2, 0.25) is 18.1 Å². The number of benzene rings is 2. The lowest BCUT2D eigenvalue weighted by molar-refractivity contribution is -0.344. The van der Waals surface area contributed by atoms with Gasteiger partial charge in [0.15, 0.2) is 33.1 Å². The molecule has 2 aliphatic rings. The molecule has 0 unspecified atom stereocenters. The molecule has 0 bridgehead atoms. The van der Waals surface area contributed by atoms with Crippen LogP contribution in [-0.4, -0.2) is 110 Å². The van der Waals surface area contributed by atoms with Crippen LogP contribution in [0.3, 0.4) is 0 Å². The second kappa shape index (κ2) is 21.5. The minimum Gasteiger partial charge on any atom is -0.456 e. The molecule has 4 rings (SSSR count). The Bertz CT molecular complexity index is 1650. The summed E-state index contributed by atoms with van der Waals surface area (Å²) in [6, 6.07) is 17.4. The van der Waals surface area contributed by atoms with Crippen LogP contribution in [0.5, 0.6) is 0 Å². The monoisotopic (exact) mass is 905 g/mol. The van der Waals surface area contributed by atoms with Crippen molar-refractivity contribution in [3.63, 3.8) is 0 Å². The van der Waals surface area contributed by atoms with Crippen molar-refractivity contribution in [3.8, 4) is 0 Å². The van der Waals surface area contributed by atoms with Crippen LogP contribution in [0.15, 0.2) is 60.7 Å². The first kappa shape index (κ1) is 49.1. The molecule has 2 aliphatic heterocycles. The summed E-state index contributed by atoms with van der Waals surface area (Å²) in [5.41, 5.74) is 1.66. The third kappa shape index (κ3) is 14.0. The molecule has 1 amide bonds. The van der Waals surface area contributed by atoms with Crippen LogP contribution in [0.1, 0.15) is 59.6 Å². The van der Waals surface area contributed by atoms with E-state index in [9.17, 15) is 19.5 Å². The fourth-order valence-electron chi connectivity index (χ4n) is 6.66. The summed E-state index contributed by atoms with van der Waals surface area (Å²) in [6.45, 7) is 16.0. The van der Waals surface area contributed by atoms with E-state index in [0.29, 0.717) is 0 Å². The van der Waals surface area contributed by atoms with Gasteiger partial charge >= 0.3 is 18.0 Å². The van der Waals surface area contributed by atoms with Gasteiger partial charge in [0.2, 0.25) is 3.79 Å². The van der Waals surface area contributed by atoms with Crippen molar-refractivity contribution >= 4 is 61.2 Å². The molecule has 330 valence electrons. The number of ether oxygens (including phenoxy) is 8. The first-order valence-corrected chi connectivity index (χ1v) is 23.6. The maximum Gasteiger partial charge on any atom is 0.407 e. The van der Waals surface area contributed by atoms with Crippen LogP contribution in [0.25, 0.3) is 0 Å².